The van der Waals surface area contributed by atoms with Gasteiger partial charge in [-0.2, -0.15) is 0 Å². The van der Waals surface area contributed by atoms with Gasteiger partial charge in [-0.25, -0.2) is 0 Å². The third-order valence-corrected chi connectivity index (χ3v) is 0.528. The summed E-state index contributed by atoms with van der Waals surface area (Å²) in [5, 5.41) is 0.352. The standard InChI is InChI=1S/C4H9N3O4/c1-3(8)10-7(6-5)11-4(2)9/h6H,5H2,1-2H3. The highest BCUT2D eigenvalue weighted by molar-refractivity contribution is 5.66. The van der Waals surface area contributed by atoms with Crippen molar-refractivity contribution in [2.75, 3.05) is 0 Å². The molecule has 0 heterocycles. The Balaban J connectivity index is 3.76. The van der Waals surface area contributed by atoms with Crippen LogP contribution < -0.4 is 11.4 Å². The summed E-state index contributed by atoms with van der Waals surface area (Å²) in [4.78, 5) is 28.9. The number of nitrogens with two attached hydrogens (primary N) is 1. The summed E-state index contributed by atoms with van der Waals surface area (Å²) in [6.45, 7) is 2.27. The van der Waals surface area contributed by atoms with Gasteiger partial charge in [-0.3, -0.25) is 15.4 Å². The molecule has 11 heavy (non-hydrogen) atoms. The van der Waals surface area contributed by atoms with Crippen LogP contribution >= 0.6 is 0 Å². The summed E-state index contributed by atoms with van der Waals surface area (Å²) < 4.78 is 0. The molecule has 0 spiro atoms. The lowest BCUT2D eigenvalue weighted by Gasteiger charge is -2.14. The van der Waals surface area contributed by atoms with Crippen molar-refractivity contribution in [2.24, 2.45) is 5.84 Å². The number of nitrogens with one attached hydrogen (secondary N) is 1. The van der Waals surface area contributed by atoms with Crippen LogP contribution in [0.25, 0.3) is 0 Å². The molecule has 0 radical (unpaired) electrons. The minimum absolute atomic E-state index is 0.352. The Kier molecular flexibility index (Phi) is 4.11. The van der Waals surface area contributed by atoms with Gasteiger partial charge in [0.1, 0.15) is 5.34 Å². The SMILES string of the molecule is CC(=O)ON(NN)OC(C)=O. The van der Waals surface area contributed by atoms with Crippen molar-refractivity contribution in [1.82, 2.24) is 10.9 Å². The Labute approximate surface area is 62.9 Å². The second kappa shape index (κ2) is 4.61. The minimum atomic E-state index is -0.663. The van der Waals surface area contributed by atoms with Gasteiger partial charge in [-0.05, 0) is 0 Å². The lowest BCUT2D eigenvalue weighted by atomic mass is 10.8. The minimum Gasteiger partial charge on any atom is -0.318 e. The van der Waals surface area contributed by atoms with E-state index >= 15 is 0 Å². The van der Waals surface area contributed by atoms with E-state index in [1.807, 2.05) is 5.53 Å². The van der Waals surface area contributed by atoms with Crippen molar-refractivity contribution in [3.8, 4) is 0 Å². The van der Waals surface area contributed by atoms with Crippen molar-refractivity contribution in [3.63, 3.8) is 0 Å². The molecule has 0 aliphatic heterocycles. The van der Waals surface area contributed by atoms with E-state index in [2.05, 4.69) is 9.68 Å². The topological polar surface area (TPSA) is 93.9 Å². The van der Waals surface area contributed by atoms with E-state index in [1.165, 1.54) is 0 Å². The number of rotatable bonds is 3. The summed E-state index contributed by atoms with van der Waals surface area (Å²) in [6.07, 6.45) is 0. The number of carbonyl (C=O) groups is 2. The van der Waals surface area contributed by atoms with E-state index in [0.717, 1.165) is 13.8 Å². The van der Waals surface area contributed by atoms with Crippen LogP contribution in [0.4, 0.5) is 0 Å². The predicted molar refractivity (Wildman–Crippen MR) is 32.7 cm³/mol. The molecule has 0 atom stereocenters. The zero-order chi connectivity index (χ0) is 8.85. The molecule has 3 N–H and O–H groups in total. The first kappa shape index (κ1) is 9.82. The van der Waals surface area contributed by atoms with E-state index in [9.17, 15) is 9.59 Å². The molecule has 0 aromatic heterocycles. The van der Waals surface area contributed by atoms with Gasteiger partial charge >= 0.3 is 11.9 Å². The Bertz CT molecular complexity index is 143. The molecule has 0 saturated heterocycles. The molecule has 0 amide bonds. The zero-order valence-electron chi connectivity index (χ0n) is 6.16. The van der Waals surface area contributed by atoms with Crippen molar-refractivity contribution < 1.29 is 19.3 Å². The maximum Gasteiger partial charge on any atom is 0.327 e. The zero-order valence-corrected chi connectivity index (χ0v) is 6.16. The lowest BCUT2D eigenvalue weighted by molar-refractivity contribution is -0.351. The summed E-state index contributed by atoms with van der Waals surface area (Å²) in [6, 6.07) is 0. The van der Waals surface area contributed by atoms with Crippen molar-refractivity contribution >= 4 is 11.9 Å². The molecule has 0 unspecified atom stereocenters. The fraction of sp³-hybridized carbons (Fsp3) is 0.500. The van der Waals surface area contributed by atoms with Gasteiger partial charge in [-0.1, -0.05) is 0 Å². The second-order valence-electron chi connectivity index (χ2n) is 1.55. The van der Waals surface area contributed by atoms with Crippen molar-refractivity contribution in [3.05, 3.63) is 0 Å². The van der Waals surface area contributed by atoms with E-state index < -0.39 is 11.9 Å². The average molecular weight is 163 g/mol. The fourth-order valence-corrected chi connectivity index (χ4v) is 0.305. The molecule has 7 heteroatoms. The number of hydrogen-bond acceptors (Lipinski definition) is 7. The maximum absolute atomic E-state index is 10.2. The van der Waals surface area contributed by atoms with Crippen LogP contribution in [0.15, 0.2) is 0 Å². The summed E-state index contributed by atoms with van der Waals surface area (Å²) in [5.41, 5.74) is 1.81. The molecule has 64 valence electrons. The van der Waals surface area contributed by atoms with Crippen LogP contribution in [-0.4, -0.2) is 17.3 Å². The molecule has 7 nitrogen and oxygen atoms in total. The maximum atomic E-state index is 10.2. The van der Waals surface area contributed by atoms with Crippen LogP contribution in [0.3, 0.4) is 0 Å². The summed E-state index contributed by atoms with van der Waals surface area (Å²) in [7, 11) is 0. The van der Waals surface area contributed by atoms with Crippen LogP contribution in [0.5, 0.6) is 0 Å². The first-order chi connectivity index (χ1) is 5.06. The molecule has 0 rings (SSSR count). The van der Waals surface area contributed by atoms with E-state index in [0.29, 0.717) is 5.34 Å². The van der Waals surface area contributed by atoms with Gasteiger partial charge in [0, 0.05) is 13.8 Å². The first-order valence-electron chi connectivity index (χ1n) is 2.69. The van der Waals surface area contributed by atoms with Gasteiger partial charge in [0.05, 0.1) is 0 Å². The van der Waals surface area contributed by atoms with Crippen LogP contribution in [0.1, 0.15) is 13.8 Å². The Morgan fingerprint density at radius 3 is 1.82 bits per heavy atom. The van der Waals surface area contributed by atoms with E-state index in [-0.39, 0.29) is 0 Å². The molecule has 0 aromatic carbocycles. The Hall–Kier alpha value is -1.18. The third kappa shape index (κ3) is 5.27. The quantitative estimate of drug-likeness (QED) is 0.391. The number of carbonyl (C=O) groups excluding carboxylic acids is 2. The van der Waals surface area contributed by atoms with Gasteiger partial charge in [0.15, 0.2) is 0 Å². The Morgan fingerprint density at radius 2 is 1.64 bits per heavy atom. The normalized spacial score (nSPS) is 9.45. The smallest absolute Gasteiger partial charge is 0.318 e. The average Bonchev–Trinajstić information content (AvgIpc) is 1.84. The van der Waals surface area contributed by atoms with Crippen LogP contribution in [0, 0.1) is 0 Å². The molecule has 0 aliphatic rings. The van der Waals surface area contributed by atoms with E-state index in [1.54, 1.807) is 0 Å². The highest BCUT2D eigenvalue weighted by atomic mass is 17.0. The molecule has 0 bridgehead atoms. The van der Waals surface area contributed by atoms with Gasteiger partial charge < -0.3 is 9.68 Å². The highest BCUT2D eigenvalue weighted by Gasteiger charge is 2.09. The number of hydrazine groups is 2. The molecule has 0 saturated carbocycles. The van der Waals surface area contributed by atoms with Crippen LogP contribution in [-0.2, 0) is 19.3 Å². The monoisotopic (exact) mass is 163 g/mol. The fourth-order valence-electron chi connectivity index (χ4n) is 0.305. The van der Waals surface area contributed by atoms with Gasteiger partial charge in [0.25, 0.3) is 0 Å². The highest BCUT2D eigenvalue weighted by Crippen LogP contribution is 1.86. The van der Waals surface area contributed by atoms with Crippen molar-refractivity contribution in [2.45, 2.75) is 13.8 Å². The molecule has 0 aromatic rings. The molecule has 0 aliphatic carbocycles. The predicted octanol–water partition coefficient (Wildman–Crippen LogP) is -1.38. The van der Waals surface area contributed by atoms with E-state index in [4.69, 9.17) is 5.84 Å². The lowest BCUT2D eigenvalue weighted by Crippen LogP contribution is -2.44. The third-order valence-electron chi connectivity index (χ3n) is 0.528. The van der Waals surface area contributed by atoms with Crippen molar-refractivity contribution in [1.29, 1.82) is 0 Å². The Morgan fingerprint density at radius 1 is 1.27 bits per heavy atom. The van der Waals surface area contributed by atoms with Crippen LogP contribution in [0.2, 0.25) is 0 Å². The molecular formula is C4H9N3O4. The van der Waals surface area contributed by atoms with Gasteiger partial charge in [0.2, 0.25) is 0 Å². The molecule has 0 fully saturated rings. The second-order valence-corrected chi connectivity index (χ2v) is 1.55. The number of hydrogen-bond donors (Lipinski definition) is 2. The summed E-state index contributed by atoms with van der Waals surface area (Å²) in [5.74, 6) is 3.47. The first-order valence-corrected chi connectivity index (χ1v) is 2.69. The largest absolute Gasteiger partial charge is 0.327 e. The summed E-state index contributed by atoms with van der Waals surface area (Å²) >= 11 is 0. The van der Waals surface area contributed by atoms with Gasteiger partial charge in [-0.15, -0.1) is 5.53 Å². The molecular weight excluding hydrogens is 154 g/mol. The number of nitrogens with zero attached hydrogens (tertiary/aromatic N) is 1.